The first-order valence-corrected chi connectivity index (χ1v) is 16.8. The lowest BCUT2D eigenvalue weighted by molar-refractivity contribution is -0.136. The Hall–Kier alpha value is -5.75. The Bertz CT molecular complexity index is 1960. The first-order valence-electron chi connectivity index (χ1n) is 16.8. The molecular weight excluding hydrogens is 634 g/mol. The summed E-state index contributed by atoms with van der Waals surface area (Å²) in [6.07, 6.45) is 5.69. The fourth-order valence-corrected chi connectivity index (χ4v) is 7.08. The van der Waals surface area contributed by atoms with Gasteiger partial charge in [0.25, 0.3) is 5.91 Å². The number of hydrogen-bond acceptors (Lipinski definition) is 6. The summed E-state index contributed by atoms with van der Waals surface area (Å²) in [5, 5.41) is 11.9. The van der Waals surface area contributed by atoms with Gasteiger partial charge in [-0.3, -0.25) is 9.59 Å². The Labute approximate surface area is 289 Å². The number of carbonyl (C=O) groups excluding carboxylic acids is 2. The smallest absolute Gasteiger partial charge is 0.405 e. The summed E-state index contributed by atoms with van der Waals surface area (Å²) in [7, 11) is 1.53. The molecular formula is C38H39N7O5. The Morgan fingerprint density at radius 3 is 1.80 bits per heavy atom. The lowest BCUT2D eigenvalue weighted by Gasteiger charge is -2.28. The molecule has 5 aromatic rings. The largest absolute Gasteiger partial charge is 0.465 e. The summed E-state index contributed by atoms with van der Waals surface area (Å²) in [4.78, 5) is 57.4. The van der Waals surface area contributed by atoms with Gasteiger partial charge in [0.1, 0.15) is 24.3 Å². The van der Waals surface area contributed by atoms with Gasteiger partial charge >= 0.3 is 6.09 Å². The standard InChI is InChI=1S/C38H39N7O5/c1-50-23-33(46)44-19-5-9-31(44)35-39-21-29(41-35)26-15-11-24(12-16-26)25-13-17-27(18-14-25)30-22-40-36(42-30)32-10-6-20-45(32)37(47)34(43-38(48)49)28-7-3-2-4-8-28/h2-4,7-8,11-18,21-22,31-32,34,43H,5-6,9-10,19-20,23H2,1H3,(H,39,41)(H,40,42)(H,48,49)/t31-,32-,34+/m0/s1. The number of hydrogen-bond donors (Lipinski definition) is 4. The molecule has 0 bridgehead atoms. The molecule has 12 heteroatoms. The maximum Gasteiger partial charge on any atom is 0.405 e. The van der Waals surface area contributed by atoms with Crippen molar-refractivity contribution in [2.75, 3.05) is 26.8 Å². The monoisotopic (exact) mass is 673 g/mol. The van der Waals surface area contributed by atoms with E-state index in [0.717, 1.165) is 65.1 Å². The summed E-state index contributed by atoms with van der Waals surface area (Å²) in [6, 6.07) is 24.1. The first kappa shape index (κ1) is 32.8. The van der Waals surface area contributed by atoms with E-state index in [1.807, 2.05) is 29.3 Å². The molecule has 2 fully saturated rings. The zero-order valence-electron chi connectivity index (χ0n) is 27.7. The fourth-order valence-electron chi connectivity index (χ4n) is 7.08. The molecule has 50 heavy (non-hydrogen) atoms. The van der Waals surface area contributed by atoms with E-state index >= 15 is 0 Å². The number of rotatable bonds is 10. The quantitative estimate of drug-likeness (QED) is 0.139. The second-order valence-corrected chi connectivity index (χ2v) is 12.7. The minimum atomic E-state index is -1.25. The minimum absolute atomic E-state index is 0.0202. The third-order valence-corrected chi connectivity index (χ3v) is 9.57. The highest BCUT2D eigenvalue weighted by molar-refractivity contribution is 5.87. The highest BCUT2D eigenvalue weighted by Crippen LogP contribution is 2.35. The molecule has 3 amide bonds. The van der Waals surface area contributed by atoms with Crippen molar-refractivity contribution < 1.29 is 24.2 Å². The number of carbonyl (C=O) groups is 3. The van der Waals surface area contributed by atoms with E-state index in [2.05, 4.69) is 61.7 Å². The van der Waals surface area contributed by atoms with Crippen LogP contribution in [-0.4, -0.2) is 79.6 Å². The van der Waals surface area contributed by atoms with Gasteiger partial charge in [-0.1, -0.05) is 78.9 Å². The highest BCUT2D eigenvalue weighted by Gasteiger charge is 2.37. The van der Waals surface area contributed by atoms with E-state index in [1.54, 1.807) is 35.4 Å². The summed E-state index contributed by atoms with van der Waals surface area (Å²) in [5.74, 6) is 1.16. The number of nitrogens with zero attached hydrogens (tertiary/aromatic N) is 4. The summed E-state index contributed by atoms with van der Waals surface area (Å²) in [6.45, 7) is 1.30. The number of benzene rings is 3. The van der Waals surface area contributed by atoms with Crippen LogP contribution in [0.2, 0.25) is 0 Å². The molecule has 2 aliphatic heterocycles. The first-order chi connectivity index (χ1) is 24.4. The van der Waals surface area contributed by atoms with Crippen LogP contribution < -0.4 is 5.32 Å². The van der Waals surface area contributed by atoms with Crippen LogP contribution in [0.15, 0.2) is 91.3 Å². The van der Waals surface area contributed by atoms with E-state index in [4.69, 9.17) is 4.74 Å². The molecule has 12 nitrogen and oxygen atoms in total. The molecule has 2 aromatic heterocycles. The molecule has 7 rings (SSSR count). The van der Waals surface area contributed by atoms with E-state index in [9.17, 15) is 19.5 Å². The van der Waals surface area contributed by atoms with Crippen LogP contribution in [0.5, 0.6) is 0 Å². The Morgan fingerprint density at radius 2 is 1.28 bits per heavy atom. The predicted octanol–water partition coefficient (Wildman–Crippen LogP) is 6.12. The molecule has 3 atom stereocenters. The van der Waals surface area contributed by atoms with Crippen molar-refractivity contribution in [3.05, 3.63) is 108 Å². The zero-order chi connectivity index (χ0) is 34.6. The average Bonchev–Trinajstić information content (AvgIpc) is 3.97. The van der Waals surface area contributed by atoms with Gasteiger partial charge in [-0.15, -0.1) is 0 Å². The third kappa shape index (κ3) is 6.74. The average molecular weight is 674 g/mol. The SMILES string of the molecule is COCC(=O)N1CCC[C@H]1c1ncc(-c2ccc(-c3ccc(-c4cnc([C@@H]5CCCN5C(=O)[C@H](NC(=O)O)c5ccccc5)[nH]4)cc3)cc2)[nH]1. The number of H-pyrrole nitrogens is 2. The molecule has 3 aromatic carbocycles. The van der Waals surface area contributed by atoms with Crippen LogP contribution in [0.25, 0.3) is 33.6 Å². The molecule has 4 N–H and O–H groups in total. The van der Waals surface area contributed by atoms with Gasteiger partial charge in [0.05, 0.1) is 35.9 Å². The summed E-state index contributed by atoms with van der Waals surface area (Å²) < 4.78 is 5.06. The van der Waals surface area contributed by atoms with Gasteiger partial charge in [0.15, 0.2) is 0 Å². The number of methoxy groups -OCH3 is 1. The lowest BCUT2D eigenvalue weighted by Crippen LogP contribution is -2.42. The van der Waals surface area contributed by atoms with Crippen LogP contribution >= 0.6 is 0 Å². The van der Waals surface area contributed by atoms with E-state index < -0.39 is 12.1 Å². The van der Waals surface area contributed by atoms with Crippen LogP contribution in [0.4, 0.5) is 4.79 Å². The van der Waals surface area contributed by atoms with Gasteiger partial charge in [-0.25, -0.2) is 14.8 Å². The van der Waals surface area contributed by atoms with Crippen molar-refractivity contribution in [3.63, 3.8) is 0 Å². The fraction of sp³-hybridized carbons (Fsp3) is 0.289. The number of nitrogens with one attached hydrogen (secondary N) is 3. The van der Waals surface area contributed by atoms with Crippen LogP contribution in [0.1, 0.15) is 61.0 Å². The number of carboxylic acid groups (broad SMARTS) is 1. The second kappa shape index (κ2) is 14.4. The maximum atomic E-state index is 13.7. The van der Waals surface area contributed by atoms with Crippen molar-refractivity contribution in [2.24, 2.45) is 0 Å². The molecule has 0 unspecified atom stereocenters. The van der Waals surface area contributed by atoms with Crippen molar-refractivity contribution in [2.45, 2.75) is 43.8 Å². The van der Waals surface area contributed by atoms with Crippen molar-refractivity contribution in [1.29, 1.82) is 0 Å². The van der Waals surface area contributed by atoms with Gasteiger partial charge in [0.2, 0.25) is 5.91 Å². The van der Waals surface area contributed by atoms with E-state index in [0.29, 0.717) is 24.5 Å². The number of likely N-dealkylation sites (tertiary alicyclic amines) is 2. The molecule has 4 heterocycles. The minimum Gasteiger partial charge on any atom is -0.465 e. The van der Waals surface area contributed by atoms with Crippen LogP contribution in [0, 0.1) is 0 Å². The predicted molar refractivity (Wildman–Crippen MR) is 187 cm³/mol. The zero-order valence-corrected chi connectivity index (χ0v) is 27.7. The normalized spacial score (nSPS) is 17.9. The summed E-state index contributed by atoms with van der Waals surface area (Å²) in [5.41, 5.74) is 6.44. The van der Waals surface area contributed by atoms with Crippen molar-refractivity contribution >= 4 is 17.9 Å². The van der Waals surface area contributed by atoms with Crippen LogP contribution in [-0.2, 0) is 14.3 Å². The van der Waals surface area contributed by atoms with Gasteiger partial charge < -0.3 is 34.9 Å². The number of aromatic nitrogens is 4. The van der Waals surface area contributed by atoms with Gasteiger partial charge in [-0.2, -0.15) is 0 Å². The maximum absolute atomic E-state index is 13.7. The van der Waals surface area contributed by atoms with E-state index in [1.165, 1.54) is 7.11 Å². The Morgan fingerprint density at radius 1 is 0.780 bits per heavy atom. The molecule has 256 valence electrons. The number of aromatic amines is 2. The Balaban J connectivity index is 1.02. The second-order valence-electron chi connectivity index (χ2n) is 12.7. The molecule has 0 saturated carbocycles. The van der Waals surface area contributed by atoms with Crippen LogP contribution in [0.3, 0.4) is 0 Å². The number of amides is 3. The topological polar surface area (TPSA) is 157 Å². The van der Waals surface area contributed by atoms with Gasteiger partial charge in [-0.05, 0) is 53.5 Å². The van der Waals surface area contributed by atoms with E-state index in [-0.39, 0.29) is 30.5 Å². The lowest BCUT2D eigenvalue weighted by atomic mass is 10.0. The van der Waals surface area contributed by atoms with Crippen molar-refractivity contribution in [3.8, 4) is 33.6 Å². The highest BCUT2D eigenvalue weighted by atomic mass is 16.5. The molecule has 2 aliphatic rings. The number of ether oxygens (including phenoxy) is 1. The molecule has 0 spiro atoms. The third-order valence-electron chi connectivity index (χ3n) is 9.57. The Kier molecular flexibility index (Phi) is 9.43. The molecule has 0 radical (unpaired) electrons. The molecule has 2 saturated heterocycles. The molecule has 0 aliphatic carbocycles. The van der Waals surface area contributed by atoms with Crippen molar-refractivity contribution in [1.82, 2.24) is 35.1 Å². The van der Waals surface area contributed by atoms with Gasteiger partial charge in [0, 0.05) is 20.2 Å². The summed E-state index contributed by atoms with van der Waals surface area (Å²) >= 11 is 0. The number of imidazole rings is 2.